The summed E-state index contributed by atoms with van der Waals surface area (Å²) in [5.41, 5.74) is 1.24. The van der Waals surface area contributed by atoms with Crippen LogP contribution in [-0.4, -0.2) is 18.4 Å². The summed E-state index contributed by atoms with van der Waals surface area (Å²) in [6.45, 7) is 7.97. The van der Waals surface area contributed by atoms with Crippen molar-refractivity contribution >= 4 is 23.2 Å². The zero-order valence-electron chi connectivity index (χ0n) is 14.9. The maximum atomic E-state index is 13.0. The first-order chi connectivity index (χ1) is 11.8. The summed E-state index contributed by atoms with van der Waals surface area (Å²) in [5, 5.41) is 2.86. The van der Waals surface area contributed by atoms with E-state index in [2.05, 4.69) is 5.32 Å². The highest BCUT2D eigenvalue weighted by Crippen LogP contribution is 2.39. The minimum absolute atomic E-state index is 0.106. The Morgan fingerprint density at radius 3 is 2.52 bits per heavy atom. The summed E-state index contributed by atoms with van der Waals surface area (Å²) in [7, 11) is 0. The molecule has 5 nitrogen and oxygen atoms in total. The second-order valence-electron chi connectivity index (χ2n) is 7.03. The van der Waals surface area contributed by atoms with Crippen molar-refractivity contribution in [1.29, 1.82) is 0 Å². The number of hydrogen-bond acceptors (Lipinski definition) is 3. The Labute approximate surface area is 147 Å². The first kappa shape index (κ1) is 17.0. The molecule has 1 heterocycles. The van der Waals surface area contributed by atoms with E-state index in [0.29, 0.717) is 29.3 Å². The van der Waals surface area contributed by atoms with Crippen LogP contribution in [0.5, 0.6) is 11.5 Å². The van der Waals surface area contributed by atoms with Gasteiger partial charge in [0.25, 0.3) is 5.91 Å². The van der Waals surface area contributed by atoms with Crippen LogP contribution in [-0.2, 0) is 4.79 Å². The van der Waals surface area contributed by atoms with Gasteiger partial charge in [0.2, 0.25) is 5.91 Å². The summed E-state index contributed by atoms with van der Waals surface area (Å²) in [4.78, 5) is 26.9. The van der Waals surface area contributed by atoms with Gasteiger partial charge in [-0.3, -0.25) is 9.59 Å². The number of rotatable bonds is 2. The van der Waals surface area contributed by atoms with Gasteiger partial charge < -0.3 is 15.0 Å². The highest BCUT2D eigenvalue weighted by molar-refractivity contribution is 6.10. The zero-order chi connectivity index (χ0) is 18.2. The number of fused-ring (bicyclic) bond motifs is 2. The van der Waals surface area contributed by atoms with Gasteiger partial charge in [-0.15, -0.1) is 0 Å². The predicted octanol–water partition coefficient (Wildman–Crippen LogP) is 4.44. The van der Waals surface area contributed by atoms with Crippen LogP contribution < -0.4 is 15.0 Å². The van der Waals surface area contributed by atoms with Crippen molar-refractivity contribution in [3.05, 3.63) is 48.0 Å². The normalized spacial score (nSPS) is 13.4. The molecule has 1 N–H and O–H groups in total. The standard InChI is InChI=1S/C20H22N2O3/c1-5-22-15-8-6-7-9-17(15)25-16-11-10-13(12-14(16)18(22)23)21-19(24)20(2,3)4/h6-12H,5H2,1-4H3,(H,21,24). The van der Waals surface area contributed by atoms with Crippen LogP contribution in [0, 0.1) is 5.41 Å². The molecule has 0 unspecified atom stereocenters. The van der Waals surface area contributed by atoms with Gasteiger partial charge in [0.15, 0.2) is 5.75 Å². The largest absolute Gasteiger partial charge is 0.454 e. The molecule has 0 spiro atoms. The van der Waals surface area contributed by atoms with E-state index >= 15 is 0 Å². The lowest BCUT2D eigenvalue weighted by atomic mass is 9.95. The SMILES string of the molecule is CCN1C(=O)c2cc(NC(=O)C(C)(C)C)ccc2Oc2ccccc21. The second-order valence-corrected chi connectivity index (χ2v) is 7.03. The summed E-state index contributed by atoms with van der Waals surface area (Å²) < 4.78 is 5.96. The average Bonchev–Trinajstić information content (AvgIpc) is 2.68. The van der Waals surface area contributed by atoms with Crippen LogP contribution >= 0.6 is 0 Å². The van der Waals surface area contributed by atoms with Crippen molar-refractivity contribution in [2.24, 2.45) is 5.41 Å². The van der Waals surface area contributed by atoms with Gasteiger partial charge in [-0.25, -0.2) is 0 Å². The van der Waals surface area contributed by atoms with E-state index in [0.717, 1.165) is 5.69 Å². The van der Waals surface area contributed by atoms with Crippen molar-refractivity contribution in [3.8, 4) is 11.5 Å². The quantitative estimate of drug-likeness (QED) is 0.880. The number of carbonyl (C=O) groups is 2. The van der Waals surface area contributed by atoms with Gasteiger partial charge in [0.1, 0.15) is 5.75 Å². The molecule has 1 aliphatic heterocycles. The fourth-order valence-corrected chi connectivity index (χ4v) is 2.64. The molecule has 0 saturated heterocycles. The smallest absolute Gasteiger partial charge is 0.262 e. The number of nitrogens with one attached hydrogen (secondary N) is 1. The summed E-state index contributed by atoms with van der Waals surface area (Å²) in [6.07, 6.45) is 0. The Balaban J connectivity index is 2.02. The van der Waals surface area contributed by atoms with Crippen LogP contribution in [0.2, 0.25) is 0 Å². The number of carbonyl (C=O) groups excluding carboxylic acids is 2. The lowest BCUT2D eigenvalue weighted by molar-refractivity contribution is -0.123. The number of nitrogens with zero attached hydrogens (tertiary/aromatic N) is 1. The van der Waals surface area contributed by atoms with Crippen LogP contribution in [0.15, 0.2) is 42.5 Å². The number of para-hydroxylation sites is 2. The fourth-order valence-electron chi connectivity index (χ4n) is 2.64. The summed E-state index contributed by atoms with van der Waals surface area (Å²) >= 11 is 0. The highest BCUT2D eigenvalue weighted by Gasteiger charge is 2.28. The molecule has 2 aromatic carbocycles. The third-order valence-corrected chi connectivity index (χ3v) is 4.09. The fraction of sp³-hybridized carbons (Fsp3) is 0.300. The third-order valence-electron chi connectivity index (χ3n) is 4.09. The van der Waals surface area contributed by atoms with E-state index in [4.69, 9.17) is 4.74 Å². The molecule has 3 rings (SSSR count). The minimum Gasteiger partial charge on any atom is -0.454 e. The Bertz CT molecular complexity index is 837. The number of amides is 2. The van der Waals surface area contributed by atoms with E-state index in [1.165, 1.54) is 0 Å². The van der Waals surface area contributed by atoms with Gasteiger partial charge in [-0.1, -0.05) is 32.9 Å². The van der Waals surface area contributed by atoms with Gasteiger partial charge in [0, 0.05) is 17.6 Å². The molecule has 2 aromatic rings. The number of hydrogen-bond donors (Lipinski definition) is 1. The second kappa shape index (κ2) is 6.24. The lowest BCUT2D eigenvalue weighted by Crippen LogP contribution is -2.30. The lowest BCUT2D eigenvalue weighted by Gasteiger charge is -2.20. The Kier molecular flexibility index (Phi) is 4.25. The van der Waals surface area contributed by atoms with Crippen molar-refractivity contribution in [3.63, 3.8) is 0 Å². The summed E-state index contributed by atoms with van der Waals surface area (Å²) in [6, 6.07) is 12.6. The van der Waals surface area contributed by atoms with Crippen molar-refractivity contribution < 1.29 is 14.3 Å². The van der Waals surface area contributed by atoms with E-state index in [1.54, 1.807) is 23.1 Å². The predicted molar refractivity (Wildman–Crippen MR) is 98.4 cm³/mol. The highest BCUT2D eigenvalue weighted by atomic mass is 16.5. The molecule has 0 aliphatic carbocycles. The number of benzene rings is 2. The maximum Gasteiger partial charge on any atom is 0.262 e. The first-order valence-corrected chi connectivity index (χ1v) is 8.35. The molecule has 0 aromatic heterocycles. The van der Waals surface area contributed by atoms with E-state index in [1.807, 2.05) is 52.0 Å². The molecule has 0 fully saturated rings. The molecule has 0 radical (unpaired) electrons. The van der Waals surface area contributed by atoms with Crippen LogP contribution in [0.3, 0.4) is 0 Å². The Morgan fingerprint density at radius 1 is 1.12 bits per heavy atom. The molecule has 2 amide bonds. The summed E-state index contributed by atoms with van der Waals surface area (Å²) in [5.74, 6) is 0.879. The van der Waals surface area contributed by atoms with Crippen LogP contribution in [0.25, 0.3) is 0 Å². The molecule has 130 valence electrons. The molecule has 0 bridgehead atoms. The Hall–Kier alpha value is -2.82. The van der Waals surface area contributed by atoms with E-state index < -0.39 is 5.41 Å². The molecular weight excluding hydrogens is 316 g/mol. The monoisotopic (exact) mass is 338 g/mol. The minimum atomic E-state index is -0.515. The molecular formula is C20H22N2O3. The van der Waals surface area contributed by atoms with Gasteiger partial charge in [-0.2, -0.15) is 0 Å². The van der Waals surface area contributed by atoms with E-state index in [-0.39, 0.29) is 11.8 Å². The van der Waals surface area contributed by atoms with Crippen molar-refractivity contribution in [2.45, 2.75) is 27.7 Å². The maximum absolute atomic E-state index is 13.0. The number of anilines is 2. The molecule has 0 saturated carbocycles. The van der Waals surface area contributed by atoms with Crippen LogP contribution in [0.1, 0.15) is 38.1 Å². The molecule has 25 heavy (non-hydrogen) atoms. The van der Waals surface area contributed by atoms with Gasteiger partial charge in [0.05, 0.1) is 11.3 Å². The average molecular weight is 338 g/mol. The third kappa shape index (κ3) is 3.22. The molecule has 0 atom stereocenters. The van der Waals surface area contributed by atoms with Gasteiger partial charge in [-0.05, 0) is 37.3 Å². The molecule has 5 heteroatoms. The topological polar surface area (TPSA) is 58.6 Å². The van der Waals surface area contributed by atoms with Gasteiger partial charge >= 0.3 is 0 Å². The van der Waals surface area contributed by atoms with Crippen molar-refractivity contribution in [1.82, 2.24) is 0 Å². The number of ether oxygens (including phenoxy) is 1. The zero-order valence-corrected chi connectivity index (χ0v) is 14.9. The first-order valence-electron chi connectivity index (χ1n) is 8.35. The molecule has 1 aliphatic rings. The van der Waals surface area contributed by atoms with Crippen molar-refractivity contribution in [2.75, 3.05) is 16.8 Å². The van der Waals surface area contributed by atoms with E-state index in [9.17, 15) is 9.59 Å². The van der Waals surface area contributed by atoms with Crippen LogP contribution in [0.4, 0.5) is 11.4 Å². The Morgan fingerprint density at radius 2 is 1.84 bits per heavy atom.